The maximum absolute atomic E-state index is 2.79. The van der Waals surface area contributed by atoms with Gasteiger partial charge in [-0.25, -0.2) is 0 Å². The van der Waals surface area contributed by atoms with E-state index >= 15 is 0 Å². The van der Waals surface area contributed by atoms with Crippen LogP contribution < -0.4 is 20.6 Å². The second-order valence-corrected chi connectivity index (χ2v) is 21.5. The molecule has 10 aromatic carbocycles. The van der Waals surface area contributed by atoms with E-state index in [1.165, 1.54) is 134 Å². The van der Waals surface area contributed by atoms with E-state index in [2.05, 4.69) is 251 Å². The summed E-state index contributed by atoms with van der Waals surface area (Å²) in [4.78, 5) is 5.50. The second kappa shape index (κ2) is 13.4. The molecule has 0 fully saturated rings. The zero-order valence-electron chi connectivity index (χ0n) is 39.6. The van der Waals surface area contributed by atoms with Crippen molar-refractivity contribution in [2.45, 2.75) is 50.9 Å². The monoisotopic (exact) mass is 880 g/mol. The molecule has 3 aliphatic heterocycles. The fourth-order valence-electron chi connectivity index (χ4n) is 13.9. The highest BCUT2D eigenvalue weighted by Gasteiger charge is 2.57. The smallest absolute Gasteiger partial charge is 0.333 e. The van der Waals surface area contributed by atoms with E-state index in [1.807, 2.05) is 0 Å². The summed E-state index contributed by atoms with van der Waals surface area (Å²) in [6, 6.07) is 79.3. The number of hydrogen-bond donors (Lipinski definition) is 0. The van der Waals surface area contributed by atoms with E-state index in [0.717, 1.165) is 0 Å². The van der Waals surface area contributed by atoms with Gasteiger partial charge in [0, 0.05) is 39.3 Å². The van der Waals surface area contributed by atoms with Gasteiger partial charge < -0.3 is 9.71 Å². The van der Waals surface area contributed by atoms with Crippen LogP contribution in [0.4, 0.5) is 28.4 Å². The molecule has 2 nitrogen and oxygen atoms in total. The van der Waals surface area contributed by atoms with Gasteiger partial charge in [-0.1, -0.05) is 217 Å². The molecule has 0 amide bonds. The van der Waals surface area contributed by atoms with Crippen LogP contribution in [0.25, 0.3) is 55.3 Å². The third kappa shape index (κ3) is 4.83. The quantitative estimate of drug-likeness (QED) is 0.160. The second-order valence-electron chi connectivity index (χ2n) is 21.5. The summed E-state index contributed by atoms with van der Waals surface area (Å²) in [5.41, 5.74) is 28.0. The first-order chi connectivity index (χ1) is 33.7. The maximum Gasteiger partial charge on any atom is 0.333 e. The molecule has 69 heavy (non-hydrogen) atoms. The Morgan fingerprint density at radius 1 is 0.435 bits per heavy atom. The third-order valence-corrected chi connectivity index (χ3v) is 16.7. The normalized spacial score (nSPS) is 15.5. The molecular formula is C66H49BN2. The van der Waals surface area contributed by atoms with E-state index in [-0.39, 0.29) is 17.7 Å². The largest absolute Gasteiger partial charge is 0.376 e. The first kappa shape index (κ1) is 39.2. The minimum atomic E-state index is -0.513. The van der Waals surface area contributed by atoms with Crippen LogP contribution in [-0.4, -0.2) is 6.85 Å². The van der Waals surface area contributed by atoms with E-state index in [0.29, 0.717) is 0 Å². The van der Waals surface area contributed by atoms with Crippen molar-refractivity contribution in [1.29, 1.82) is 0 Å². The standard InChI is InChI=1S/C66H49BN2/c1-64(2,3)42-34-37-56(49(39-42)40-20-7-6-8-21-40)68-58-38-41-22-9-10-23-43(41)59-48-27-19-32-54-62(48)69(67(61(58)59)55-36-35-47-46-26-11-14-28-50(46)65(4,5)60(47)63(55)68)57-33-18-17-31-53(57)66(54)51-29-15-12-24-44(51)45-25-13-16-30-52(45)66/h6-39H,1-5H3. The van der Waals surface area contributed by atoms with Crippen LogP contribution in [0.2, 0.25) is 0 Å². The summed E-state index contributed by atoms with van der Waals surface area (Å²) in [6.07, 6.45) is 0. The average molecular weight is 881 g/mol. The number of benzene rings is 10. The number of para-hydroxylation sites is 2. The van der Waals surface area contributed by atoms with E-state index in [4.69, 9.17) is 0 Å². The lowest BCUT2D eigenvalue weighted by atomic mass is 9.41. The minimum absolute atomic E-state index is 0.0409. The van der Waals surface area contributed by atoms with Gasteiger partial charge in [0.15, 0.2) is 0 Å². The van der Waals surface area contributed by atoms with Crippen LogP contribution >= 0.6 is 0 Å². The third-order valence-electron chi connectivity index (χ3n) is 16.7. The number of anilines is 5. The summed E-state index contributed by atoms with van der Waals surface area (Å²) >= 11 is 0. The van der Waals surface area contributed by atoms with Crippen molar-refractivity contribution < 1.29 is 0 Å². The zero-order valence-corrected chi connectivity index (χ0v) is 39.6. The van der Waals surface area contributed by atoms with Gasteiger partial charge in [0.1, 0.15) is 0 Å². The van der Waals surface area contributed by atoms with Crippen LogP contribution in [0.15, 0.2) is 206 Å². The van der Waals surface area contributed by atoms with E-state index in [1.54, 1.807) is 0 Å². The lowest BCUT2D eigenvalue weighted by molar-refractivity contribution is 0.590. The van der Waals surface area contributed by atoms with E-state index < -0.39 is 5.41 Å². The van der Waals surface area contributed by atoms with Crippen LogP contribution in [0.1, 0.15) is 73.6 Å². The van der Waals surface area contributed by atoms with Crippen molar-refractivity contribution in [3.63, 3.8) is 0 Å². The molecule has 0 saturated carbocycles. The van der Waals surface area contributed by atoms with Crippen molar-refractivity contribution in [1.82, 2.24) is 0 Å². The fourth-order valence-corrected chi connectivity index (χ4v) is 13.9. The number of nitrogens with zero attached hydrogens (tertiary/aromatic N) is 2. The van der Waals surface area contributed by atoms with Crippen molar-refractivity contribution in [3.05, 3.63) is 245 Å². The highest BCUT2D eigenvalue weighted by molar-refractivity contribution is 6.94. The van der Waals surface area contributed by atoms with Crippen molar-refractivity contribution in [2.24, 2.45) is 0 Å². The average Bonchev–Trinajstić information content (AvgIpc) is 3.81. The van der Waals surface area contributed by atoms with Crippen LogP contribution in [0, 0.1) is 0 Å². The van der Waals surface area contributed by atoms with Crippen molar-refractivity contribution in [2.75, 3.05) is 9.71 Å². The number of rotatable bonds is 2. The Labute approximate surface area is 405 Å². The Morgan fingerprint density at radius 3 is 1.78 bits per heavy atom. The van der Waals surface area contributed by atoms with Gasteiger partial charge in [-0.05, 0) is 124 Å². The predicted octanol–water partition coefficient (Wildman–Crippen LogP) is 15.5. The van der Waals surface area contributed by atoms with Gasteiger partial charge in [0.05, 0.1) is 11.1 Å². The predicted molar refractivity (Wildman–Crippen MR) is 290 cm³/mol. The van der Waals surface area contributed by atoms with Gasteiger partial charge in [0.25, 0.3) is 0 Å². The molecule has 2 aliphatic carbocycles. The van der Waals surface area contributed by atoms with Crippen LogP contribution in [0.3, 0.4) is 0 Å². The Kier molecular flexibility index (Phi) is 7.62. The topological polar surface area (TPSA) is 6.48 Å². The molecule has 0 saturated heterocycles. The van der Waals surface area contributed by atoms with E-state index in [9.17, 15) is 0 Å². The molecule has 0 atom stereocenters. The fraction of sp³-hybridized carbons (Fsp3) is 0.121. The Morgan fingerprint density at radius 2 is 1.04 bits per heavy atom. The first-order valence-corrected chi connectivity index (χ1v) is 24.7. The summed E-state index contributed by atoms with van der Waals surface area (Å²) < 4.78 is 0. The molecule has 10 aromatic rings. The van der Waals surface area contributed by atoms with Crippen LogP contribution in [-0.2, 0) is 16.2 Å². The molecule has 0 radical (unpaired) electrons. The van der Waals surface area contributed by atoms with Gasteiger partial charge in [-0.3, -0.25) is 0 Å². The molecule has 5 aliphatic rings. The molecular weight excluding hydrogens is 832 g/mol. The van der Waals surface area contributed by atoms with Gasteiger partial charge in [-0.2, -0.15) is 0 Å². The molecule has 0 unspecified atom stereocenters. The summed E-state index contributed by atoms with van der Waals surface area (Å²) in [5.74, 6) is 0. The molecule has 15 rings (SSSR count). The molecule has 0 N–H and O–H groups in total. The lowest BCUT2D eigenvalue weighted by Crippen LogP contribution is -2.63. The minimum Gasteiger partial charge on any atom is -0.376 e. The molecule has 0 aromatic heterocycles. The Balaban J connectivity index is 1.13. The maximum atomic E-state index is 2.79. The molecule has 3 heterocycles. The lowest BCUT2D eigenvalue weighted by Gasteiger charge is -2.53. The van der Waals surface area contributed by atoms with Gasteiger partial charge in [0.2, 0.25) is 0 Å². The highest BCUT2D eigenvalue weighted by Crippen LogP contribution is 2.66. The van der Waals surface area contributed by atoms with Gasteiger partial charge >= 0.3 is 6.85 Å². The Bertz CT molecular complexity index is 3840. The Hall–Kier alpha value is -7.88. The molecule has 0 bridgehead atoms. The van der Waals surface area contributed by atoms with Crippen molar-refractivity contribution in [3.8, 4) is 44.5 Å². The summed E-state index contributed by atoms with van der Waals surface area (Å²) in [5, 5.41) is 2.53. The highest BCUT2D eigenvalue weighted by atomic mass is 15.2. The number of hydrogen-bond acceptors (Lipinski definition) is 2. The van der Waals surface area contributed by atoms with Crippen molar-refractivity contribution >= 4 is 57.0 Å². The van der Waals surface area contributed by atoms with Gasteiger partial charge in [-0.15, -0.1) is 0 Å². The summed E-state index contributed by atoms with van der Waals surface area (Å²) in [6.45, 7) is 11.8. The first-order valence-electron chi connectivity index (χ1n) is 24.7. The zero-order chi connectivity index (χ0) is 46.1. The van der Waals surface area contributed by atoms with Crippen LogP contribution in [0.5, 0.6) is 0 Å². The SMILES string of the molecule is CC(C)(C)c1ccc(N2c3cc4ccccc4c4c3B(c3ccc5c(c32)C(C)(C)c2ccccc2-5)N2c3ccccc3C3(c5ccccc5-c5ccccc53)c3cccc-4c32)c(-c2ccccc2)c1. The molecule has 1 spiro atoms. The molecule has 3 heteroatoms. The summed E-state index contributed by atoms with van der Waals surface area (Å²) in [7, 11) is 0. The molecule has 326 valence electrons. The number of fused-ring (bicyclic) bond motifs is 19.